The zero-order valence-electron chi connectivity index (χ0n) is 18.5. The molecule has 0 saturated carbocycles. The van der Waals surface area contributed by atoms with E-state index in [-0.39, 0.29) is 11.5 Å². The topological polar surface area (TPSA) is 90.5 Å². The molecule has 9 heteroatoms. The number of fused-ring (bicyclic) bond motifs is 3. The number of benzene rings is 3. The molecular formula is C25H21N5O3S. The molecule has 1 N–H and O–H groups in total. The van der Waals surface area contributed by atoms with E-state index < -0.39 is 5.25 Å². The van der Waals surface area contributed by atoms with Crippen LogP contribution in [0.2, 0.25) is 0 Å². The molecule has 3 aromatic carbocycles. The van der Waals surface area contributed by atoms with Gasteiger partial charge in [-0.3, -0.25) is 18.6 Å². The molecule has 5 aromatic rings. The molecular weight excluding hydrogens is 450 g/mol. The summed E-state index contributed by atoms with van der Waals surface area (Å²) < 4.78 is 8.48. The first-order chi connectivity index (χ1) is 16.6. The Kier molecular flexibility index (Phi) is 5.77. The van der Waals surface area contributed by atoms with Gasteiger partial charge in [-0.2, -0.15) is 0 Å². The zero-order chi connectivity index (χ0) is 23.7. The Balaban J connectivity index is 1.57. The number of carbonyl (C=O) groups excluding carboxylic acids is 1. The van der Waals surface area contributed by atoms with Crippen molar-refractivity contribution in [2.45, 2.75) is 10.4 Å². The number of thioether (sulfide) groups is 1. The van der Waals surface area contributed by atoms with Crippen molar-refractivity contribution in [3.63, 3.8) is 0 Å². The first-order valence-electron chi connectivity index (χ1n) is 10.6. The molecule has 170 valence electrons. The Morgan fingerprint density at radius 3 is 2.41 bits per heavy atom. The van der Waals surface area contributed by atoms with Crippen molar-refractivity contribution < 1.29 is 9.53 Å². The molecule has 1 amide bonds. The first kappa shape index (κ1) is 21.7. The highest BCUT2D eigenvalue weighted by molar-refractivity contribution is 8.00. The smallest absolute Gasteiger partial charge is 0.262 e. The third-order valence-electron chi connectivity index (χ3n) is 5.52. The van der Waals surface area contributed by atoms with Crippen molar-refractivity contribution in [2.75, 3.05) is 12.4 Å². The number of hydrogen-bond donors (Lipinski definition) is 1. The molecule has 8 nitrogen and oxygen atoms in total. The van der Waals surface area contributed by atoms with Crippen LogP contribution in [0.1, 0.15) is 10.8 Å². The summed E-state index contributed by atoms with van der Waals surface area (Å²) in [6.45, 7) is 0. The van der Waals surface area contributed by atoms with E-state index in [1.165, 1.54) is 16.3 Å². The van der Waals surface area contributed by atoms with E-state index >= 15 is 0 Å². The molecule has 0 spiro atoms. The second-order valence-corrected chi connectivity index (χ2v) is 8.70. The van der Waals surface area contributed by atoms with Gasteiger partial charge in [-0.05, 0) is 42.0 Å². The molecule has 2 heterocycles. The number of ether oxygens (including phenoxy) is 1. The molecule has 0 radical (unpaired) electrons. The fourth-order valence-electron chi connectivity index (χ4n) is 3.78. The number of carbonyl (C=O) groups is 1. The second kappa shape index (κ2) is 9.03. The predicted molar refractivity (Wildman–Crippen MR) is 132 cm³/mol. The van der Waals surface area contributed by atoms with Gasteiger partial charge >= 0.3 is 0 Å². The van der Waals surface area contributed by atoms with Crippen LogP contribution in [0.4, 0.5) is 5.69 Å². The number of rotatable bonds is 6. The maximum absolute atomic E-state index is 13.4. The lowest BCUT2D eigenvalue weighted by atomic mass is 10.1. The Morgan fingerprint density at radius 2 is 1.68 bits per heavy atom. The van der Waals surface area contributed by atoms with Crippen molar-refractivity contribution >= 4 is 40.0 Å². The molecule has 0 saturated heterocycles. The Hall–Kier alpha value is -4.11. The summed E-state index contributed by atoms with van der Waals surface area (Å²) in [5, 5.41) is 12.0. The summed E-state index contributed by atoms with van der Waals surface area (Å²) in [6.07, 6.45) is 0. The highest BCUT2D eigenvalue weighted by atomic mass is 32.2. The van der Waals surface area contributed by atoms with Crippen LogP contribution >= 0.6 is 11.8 Å². The minimum Gasteiger partial charge on any atom is -0.497 e. The number of nitrogens with zero attached hydrogens (tertiary/aromatic N) is 4. The van der Waals surface area contributed by atoms with E-state index in [2.05, 4.69) is 15.5 Å². The fourth-order valence-corrected chi connectivity index (χ4v) is 4.82. The van der Waals surface area contributed by atoms with Crippen molar-refractivity contribution in [1.29, 1.82) is 0 Å². The highest BCUT2D eigenvalue weighted by Crippen LogP contribution is 2.36. The van der Waals surface area contributed by atoms with E-state index in [0.29, 0.717) is 33.3 Å². The van der Waals surface area contributed by atoms with Gasteiger partial charge in [0.05, 0.1) is 18.0 Å². The van der Waals surface area contributed by atoms with Gasteiger partial charge in [-0.15, -0.1) is 10.2 Å². The largest absolute Gasteiger partial charge is 0.497 e. The van der Waals surface area contributed by atoms with Gasteiger partial charge in [0.1, 0.15) is 11.0 Å². The van der Waals surface area contributed by atoms with Gasteiger partial charge in [0.2, 0.25) is 11.7 Å². The third kappa shape index (κ3) is 3.90. The Bertz CT molecular complexity index is 1540. The lowest BCUT2D eigenvalue weighted by molar-refractivity contribution is -0.115. The molecule has 0 aliphatic heterocycles. The number of para-hydroxylation sites is 1. The van der Waals surface area contributed by atoms with Crippen LogP contribution in [0.15, 0.2) is 88.8 Å². The number of anilines is 1. The van der Waals surface area contributed by atoms with Crippen molar-refractivity contribution in [2.24, 2.45) is 7.05 Å². The predicted octanol–water partition coefficient (Wildman–Crippen LogP) is 4.06. The third-order valence-corrected chi connectivity index (χ3v) is 6.71. The highest BCUT2D eigenvalue weighted by Gasteiger charge is 2.26. The average Bonchev–Trinajstić information content (AvgIpc) is 3.31. The van der Waals surface area contributed by atoms with Crippen LogP contribution < -0.4 is 15.6 Å². The first-order valence-corrected chi connectivity index (χ1v) is 11.4. The zero-order valence-corrected chi connectivity index (χ0v) is 19.3. The number of amides is 1. The van der Waals surface area contributed by atoms with E-state index in [9.17, 15) is 9.59 Å². The standard InChI is InChI=1S/C25H21N5O3S/c1-29-23(32)19-10-6-7-11-20(19)30-24(29)27-28-25(30)34-21(16-8-4-3-5-9-16)22(31)26-17-12-14-18(33-2)15-13-17/h3-15,21H,1-2H3,(H,26,31). The summed E-state index contributed by atoms with van der Waals surface area (Å²) in [4.78, 5) is 26.2. The number of aromatic nitrogens is 4. The number of hydrogen-bond acceptors (Lipinski definition) is 6. The summed E-state index contributed by atoms with van der Waals surface area (Å²) in [7, 11) is 3.26. The van der Waals surface area contributed by atoms with Gasteiger partial charge in [0.15, 0.2) is 5.16 Å². The van der Waals surface area contributed by atoms with Gasteiger partial charge < -0.3 is 10.1 Å². The quantitative estimate of drug-likeness (QED) is 0.376. The summed E-state index contributed by atoms with van der Waals surface area (Å²) in [5.74, 6) is 0.917. The van der Waals surface area contributed by atoms with Crippen LogP contribution in [0, 0.1) is 0 Å². The van der Waals surface area contributed by atoms with Gasteiger partial charge in [0.25, 0.3) is 5.56 Å². The van der Waals surface area contributed by atoms with Gasteiger partial charge in [0, 0.05) is 12.7 Å². The maximum Gasteiger partial charge on any atom is 0.262 e. The Labute approximate surface area is 199 Å². The minimum atomic E-state index is -0.605. The minimum absolute atomic E-state index is 0.149. The molecule has 5 rings (SSSR count). The molecule has 0 aliphatic rings. The molecule has 0 fully saturated rings. The average molecular weight is 472 g/mol. The van der Waals surface area contributed by atoms with Crippen LogP contribution in [-0.2, 0) is 11.8 Å². The molecule has 2 aromatic heterocycles. The molecule has 0 aliphatic carbocycles. The maximum atomic E-state index is 13.4. The Morgan fingerprint density at radius 1 is 0.971 bits per heavy atom. The normalized spacial score (nSPS) is 12.1. The molecule has 34 heavy (non-hydrogen) atoms. The second-order valence-electron chi connectivity index (χ2n) is 7.63. The van der Waals surface area contributed by atoms with Crippen LogP contribution in [0.3, 0.4) is 0 Å². The van der Waals surface area contributed by atoms with E-state index in [4.69, 9.17) is 4.74 Å². The lowest BCUT2D eigenvalue weighted by Crippen LogP contribution is -2.21. The lowest BCUT2D eigenvalue weighted by Gasteiger charge is -2.17. The fraction of sp³-hybridized carbons (Fsp3) is 0.120. The van der Waals surface area contributed by atoms with Gasteiger partial charge in [-0.1, -0.05) is 54.2 Å². The van der Waals surface area contributed by atoms with Crippen molar-refractivity contribution in [3.8, 4) is 5.75 Å². The van der Waals surface area contributed by atoms with Gasteiger partial charge in [-0.25, -0.2) is 0 Å². The monoisotopic (exact) mass is 471 g/mol. The number of aryl methyl sites for hydroxylation is 1. The SMILES string of the molecule is COc1ccc(NC(=O)C(Sc2nnc3n(C)c(=O)c4ccccc4n23)c2ccccc2)cc1. The molecule has 0 bridgehead atoms. The van der Waals surface area contributed by atoms with Crippen LogP contribution in [0.25, 0.3) is 16.7 Å². The van der Waals surface area contributed by atoms with E-state index in [1.807, 2.05) is 52.9 Å². The van der Waals surface area contributed by atoms with Crippen molar-refractivity contribution in [1.82, 2.24) is 19.2 Å². The van der Waals surface area contributed by atoms with E-state index in [1.54, 1.807) is 44.5 Å². The number of nitrogens with one attached hydrogen (secondary N) is 1. The van der Waals surface area contributed by atoms with E-state index in [0.717, 1.165) is 5.56 Å². The molecule has 1 atom stereocenters. The summed E-state index contributed by atoms with van der Waals surface area (Å²) in [6, 6.07) is 24.0. The van der Waals surface area contributed by atoms with Crippen LogP contribution in [-0.4, -0.2) is 32.2 Å². The van der Waals surface area contributed by atoms with Crippen molar-refractivity contribution in [3.05, 3.63) is 94.8 Å². The summed E-state index contributed by atoms with van der Waals surface area (Å²) in [5.41, 5.74) is 2.02. The van der Waals surface area contributed by atoms with Crippen LogP contribution in [0.5, 0.6) is 5.75 Å². The molecule has 1 unspecified atom stereocenters. The summed E-state index contributed by atoms with van der Waals surface area (Å²) >= 11 is 1.28. The number of methoxy groups -OCH3 is 1.